The van der Waals surface area contributed by atoms with Crippen LogP contribution >= 0.6 is 0 Å². The van der Waals surface area contributed by atoms with Crippen LogP contribution in [0, 0.1) is 11.6 Å². The quantitative estimate of drug-likeness (QED) is 0.832. The van der Waals surface area contributed by atoms with E-state index in [1.807, 2.05) is 6.07 Å². The molecule has 0 aromatic heterocycles. The van der Waals surface area contributed by atoms with Gasteiger partial charge in [-0.2, -0.15) is 4.31 Å². The van der Waals surface area contributed by atoms with Crippen molar-refractivity contribution in [2.45, 2.75) is 10.9 Å². The topological polar surface area (TPSA) is 83.7 Å². The fourth-order valence-corrected chi connectivity index (χ4v) is 4.78. The second-order valence-electron chi connectivity index (χ2n) is 6.21. The molecule has 0 spiro atoms. The number of hydrogen-bond acceptors (Lipinski definition) is 4. The lowest BCUT2D eigenvalue weighted by Gasteiger charge is -2.37. The van der Waals surface area contributed by atoms with Crippen LogP contribution in [0.3, 0.4) is 0 Å². The third kappa shape index (κ3) is 3.85. The van der Waals surface area contributed by atoms with Gasteiger partial charge in [-0.25, -0.2) is 17.2 Å². The fraction of sp³-hybridized carbons (Fsp3) is 0.278. The summed E-state index contributed by atoms with van der Waals surface area (Å²) >= 11 is 0. The van der Waals surface area contributed by atoms with Gasteiger partial charge in [0.1, 0.15) is 17.7 Å². The Kier molecular flexibility index (Phi) is 5.54. The SMILES string of the molecule is NC(=O)C(c1ccccc1)N1CCN(S(=O)(=O)c2c(F)cccc2F)CC1. The van der Waals surface area contributed by atoms with Crippen molar-refractivity contribution in [2.75, 3.05) is 26.2 Å². The number of carbonyl (C=O) groups excluding carboxylic acids is 1. The molecule has 27 heavy (non-hydrogen) atoms. The number of benzene rings is 2. The molecule has 1 atom stereocenters. The van der Waals surface area contributed by atoms with Crippen LogP contribution in [0.2, 0.25) is 0 Å². The summed E-state index contributed by atoms with van der Waals surface area (Å²) in [4.78, 5) is 12.8. The number of primary amides is 1. The van der Waals surface area contributed by atoms with E-state index >= 15 is 0 Å². The summed E-state index contributed by atoms with van der Waals surface area (Å²) in [5.74, 6) is -2.80. The molecule has 9 heteroatoms. The Hall–Kier alpha value is -2.36. The van der Waals surface area contributed by atoms with Crippen molar-refractivity contribution < 1.29 is 22.0 Å². The highest BCUT2D eigenvalue weighted by Crippen LogP contribution is 2.26. The van der Waals surface area contributed by atoms with Gasteiger partial charge in [-0.3, -0.25) is 9.69 Å². The van der Waals surface area contributed by atoms with Gasteiger partial charge >= 0.3 is 0 Å². The molecule has 1 aliphatic rings. The summed E-state index contributed by atoms with van der Waals surface area (Å²) in [6.07, 6.45) is 0. The van der Waals surface area contributed by atoms with Crippen LogP contribution in [0.4, 0.5) is 8.78 Å². The number of amides is 1. The van der Waals surface area contributed by atoms with E-state index < -0.39 is 38.5 Å². The molecule has 6 nitrogen and oxygen atoms in total. The standard InChI is InChI=1S/C18H19F2N3O3S/c19-14-7-4-8-15(20)17(14)27(25,26)23-11-9-22(10-12-23)16(18(21)24)13-5-2-1-3-6-13/h1-8,16H,9-12H2,(H2,21,24). The van der Waals surface area contributed by atoms with Crippen LogP contribution in [-0.4, -0.2) is 49.7 Å². The van der Waals surface area contributed by atoms with Crippen LogP contribution in [0.5, 0.6) is 0 Å². The smallest absolute Gasteiger partial charge is 0.249 e. The number of piperazine rings is 1. The lowest BCUT2D eigenvalue weighted by molar-refractivity contribution is -0.124. The summed E-state index contributed by atoms with van der Waals surface area (Å²) < 4.78 is 54.1. The van der Waals surface area contributed by atoms with E-state index in [1.54, 1.807) is 29.2 Å². The largest absolute Gasteiger partial charge is 0.368 e. The number of nitrogens with zero attached hydrogens (tertiary/aromatic N) is 2. The average Bonchev–Trinajstić information content (AvgIpc) is 2.62. The minimum atomic E-state index is -4.32. The number of carbonyl (C=O) groups is 1. The van der Waals surface area contributed by atoms with E-state index in [0.29, 0.717) is 5.56 Å². The van der Waals surface area contributed by atoms with Crippen LogP contribution in [0.1, 0.15) is 11.6 Å². The summed E-state index contributed by atoms with van der Waals surface area (Å²) in [6, 6.07) is 11.2. The first-order valence-electron chi connectivity index (χ1n) is 8.35. The van der Waals surface area contributed by atoms with Crippen molar-refractivity contribution in [1.82, 2.24) is 9.21 Å². The van der Waals surface area contributed by atoms with Crippen molar-refractivity contribution in [3.63, 3.8) is 0 Å². The predicted octanol–water partition coefficient (Wildman–Crippen LogP) is 1.50. The molecule has 1 saturated heterocycles. The molecule has 1 heterocycles. The highest BCUT2D eigenvalue weighted by Gasteiger charge is 2.36. The van der Waals surface area contributed by atoms with Crippen molar-refractivity contribution in [1.29, 1.82) is 0 Å². The summed E-state index contributed by atoms with van der Waals surface area (Å²) in [5.41, 5.74) is 6.25. The van der Waals surface area contributed by atoms with E-state index in [1.165, 1.54) is 0 Å². The van der Waals surface area contributed by atoms with Gasteiger partial charge in [-0.1, -0.05) is 36.4 Å². The van der Waals surface area contributed by atoms with E-state index in [2.05, 4.69) is 0 Å². The molecule has 2 aromatic rings. The normalized spacial score (nSPS) is 17.6. The Balaban J connectivity index is 1.79. The molecule has 1 fully saturated rings. The van der Waals surface area contributed by atoms with Crippen LogP contribution in [0.25, 0.3) is 0 Å². The minimum absolute atomic E-state index is 0.00722. The van der Waals surface area contributed by atoms with Gasteiger partial charge < -0.3 is 5.73 Å². The molecule has 1 unspecified atom stereocenters. The monoisotopic (exact) mass is 395 g/mol. The van der Waals surface area contributed by atoms with Crippen molar-refractivity contribution in [2.24, 2.45) is 5.73 Å². The lowest BCUT2D eigenvalue weighted by Crippen LogP contribution is -2.52. The van der Waals surface area contributed by atoms with Crippen molar-refractivity contribution in [3.8, 4) is 0 Å². The highest BCUT2D eigenvalue weighted by molar-refractivity contribution is 7.89. The van der Waals surface area contributed by atoms with Gasteiger partial charge in [0.25, 0.3) is 0 Å². The number of halogens is 2. The van der Waals surface area contributed by atoms with Crippen molar-refractivity contribution >= 4 is 15.9 Å². The number of hydrogen-bond donors (Lipinski definition) is 1. The third-order valence-corrected chi connectivity index (χ3v) is 6.49. The maximum Gasteiger partial charge on any atom is 0.249 e. The zero-order valence-electron chi connectivity index (χ0n) is 14.4. The van der Waals surface area contributed by atoms with Gasteiger partial charge in [0.15, 0.2) is 4.90 Å². The second kappa shape index (κ2) is 7.71. The maximum atomic E-state index is 13.9. The number of rotatable bonds is 5. The predicted molar refractivity (Wildman–Crippen MR) is 95.1 cm³/mol. The molecule has 0 radical (unpaired) electrons. The fourth-order valence-electron chi connectivity index (χ4n) is 3.25. The summed E-state index contributed by atoms with van der Waals surface area (Å²) in [5, 5.41) is 0. The van der Waals surface area contributed by atoms with E-state index in [0.717, 1.165) is 22.5 Å². The molecule has 3 rings (SSSR count). The Labute approximate surface area is 156 Å². The lowest BCUT2D eigenvalue weighted by atomic mass is 10.0. The third-order valence-electron chi connectivity index (χ3n) is 4.54. The van der Waals surface area contributed by atoms with Crippen LogP contribution in [-0.2, 0) is 14.8 Å². The molecular formula is C18H19F2N3O3S. The maximum absolute atomic E-state index is 13.9. The molecule has 1 aliphatic heterocycles. The van der Waals surface area contributed by atoms with Gasteiger partial charge in [-0.15, -0.1) is 0 Å². The zero-order valence-corrected chi connectivity index (χ0v) is 15.2. The van der Waals surface area contributed by atoms with Gasteiger partial charge in [0.2, 0.25) is 15.9 Å². The highest BCUT2D eigenvalue weighted by atomic mass is 32.2. The molecular weight excluding hydrogens is 376 g/mol. The molecule has 0 saturated carbocycles. The Morgan fingerprint density at radius 3 is 2.00 bits per heavy atom. The summed E-state index contributed by atoms with van der Waals surface area (Å²) in [7, 11) is -4.32. The van der Waals surface area contributed by atoms with Crippen molar-refractivity contribution in [3.05, 3.63) is 65.7 Å². The molecule has 1 amide bonds. The van der Waals surface area contributed by atoms with Gasteiger partial charge in [0.05, 0.1) is 0 Å². The number of nitrogens with two attached hydrogens (primary N) is 1. The second-order valence-corrected chi connectivity index (χ2v) is 8.08. The molecule has 144 valence electrons. The van der Waals surface area contributed by atoms with E-state index in [-0.39, 0.29) is 26.2 Å². The van der Waals surface area contributed by atoms with E-state index in [4.69, 9.17) is 5.73 Å². The molecule has 2 N–H and O–H groups in total. The molecule has 0 bridgehead atoms. The Morgan fingerprint density at radius 2 is 1.48 bits per heavy atom. The first-order valence-corrected chi connectivity index (χ1v) is 9.79. The number of sulfonamides is 1. The van der Waals surface area contributed by atoms with E-state index in [9.17, 15) is 22.0 Å². The average molecular weight is 395 g/mol. The Morgan fingerprint density at radius 1 is 0.926 bits per heavy atom. The molecule has 2 aromatic carbocycles. The van der Waals surface area contributed by atoms with Crippen LogP contribution in [0.15, 0.2) is 53.4 Å². The van der Waals surface area contributed by atoms with Gasteiger partial charge in [-0.05, 0) is 17.7 Å². The van der Waals surface area contributed by atoms with Gasteiger partial charge in [0, 0.05) is 26.2 Å². The molecule has 0 aliphatic carbocycles. The Bertz CT molecular complexity index is 910. The zero-order chi connectivity index (χ0) is 19.6. The summed E-state index contributed by atoms with van der Waals surface area (Å²) in [6.45, 7) is 0.398. The first-order chi connectivity index (χ1) is 12.8. The first kappa shape index (κ1) is 19.4. The minimum Gasteiger partial charge on any atom is -0.368 e. The van der Waals surface area contributed by atoms with Crippen LogP contribution < -0.4 is 5.73 Å².